The number of pyridine rings is 1. The fourth-order valence-electron chi connectivity index (χ4n) is 3.98. The van der Waals surface area contributed by atoms with Crippen LogP contribution in [0.2, 0.25) is 0 Å². The van der Waals surface area contributed by atoms with E-state index in [-0.39, 0.29) is 35.6 Å². The summed E-state index contributed by atoms with van der Waals surface area (Å²) in [6, 6.07) is 8.22. The van der Waals surface area contributed by atoms with Crippen LogP contribution in [0.1, 0.15) is 30.7 Å². The van der Waals surface area contributed by atoms with Gasteiger partial charge in [0.15, 0.2) is 6.61 Å². The number of carbonyl (C=O) groups is 1. The molecular formula is C25H26F3N5O3. The molecule has 11 heteroatoms. The Hall–Kier alpha value is -3.73. The Morgan fingerprint density at radius 3 is 2.56 bits per heavy atom. The number of halogens is 3. The zero-order valence-electron chi connectivity index (χ0n) is 19.6. The summed E-state index contributed by atoms with van der Waals surface area (Å²) in [5, 5.41) is 2.84. The van der Waals surface area contributed by atoms with Gasteiger partial charge in [0.2, 0.25) is 11.8 Å². The van der Waals surface area contributed by atoms with E-state index in [0.717, 1.165) is 12.8 Å². The van der Waals surface area contributed by atoms with Gasteiger partial charge in [0.1, 0.15) is 11.5 Å². The van der Waals surface area contributed by atoms with Crippen molar-refractivity contribution in [1.82, 2.24) is 20.3 Å². The Bertz CT molecular complexity index is 1220. The highest BCUT2D eigenvalue weighted by Gasteiger charge is 2.22. The second kappa shape index (κ2) is 11.3. The molecule has 190 valence electrons. The van der Waals surface area contributed by atoms with Crippen LogP contribution in [-0.4, -0.2) is 47.2 Å². The van der Waals surface area contributed by atoms with Crippen molar-refractivity contribution in [2.45, 2.75) is 26.2 Å². The van der Waals surface area contributed by atoms with Crippen LogP contribution in [0.3, 0.4) is 0 Å². The number of nitrogen functional groups attached to an aromatic ring is 1. The standard InChI is InChI=1S/C25H26F3N5O3/c1-14-10-17(11-19(31-14)23(27)28)21-22(16-2-4-18(26)5-3-16)32-25(29)33-24(21)36-13-20(34)30-12-15-6-8-35-9-7-15/h2-5,10-11,15,23H,6-9,12-13H2,1H3,(H,30,34)(H2,29,32,33). The Labute approximate surface area is 206 Å². The van der Waals surface area contributed by atoms with Crippen LogP contribution >= 0.6 is 0 Å². The monoisotopic (exact) mass is 501 g/mol. The van der Waals surface area contributed by atoms with E-state index in [1.54, 1.807) is 13.0 Å². The van der Waals surface area contributed by atoms with Crippen molar-refractivity contribution in [2.75, 3.05) is 32.1 Å². The summed E-state index contributed by atoms with van der Waals surface area (Å²) in [5.74, 6) is -0.720. The zero-order chi connectivity index (χ0) is 25.7. The highest BCUT2D eigenvalue weighted by atomic mass is 19.3. The molecule has 1 amide bonds. The number of benzene rings is 1. The zero-order valence-corrected chi connectivity index (χ0v) is 19.6. The third-order valence-corrected chi connectivity index (χ3v) is 5.77. The molecule has 36 heavy (non-hydrogen) atoms. The average Bonchev–Trinajstić information content (AvgIpc) is 2.86. The molecule has 0 saturated carbocycles. The molecule has 0 aliphatic carbocycles. The van der Waals surface area contributed by atoms with Crippen LogP contribution in [0, 0.1) is 18.7 Å². The second-order valence-corrected chi connectivity index (χ2v) is 8.49. The van der Waals surface area contributed by atoms with Gasteiger partial charge in [0, 0.05) is 31.0 Å². The molecule has 3 aromatic rings. The van der Waals surface area contributed by atoms with Gasteiger partial charge < -0.3 is 20.5 Å². The molecule has 2 aromatic heterocycles. The SMILES string of the molecule is Cc1cc(-c2c(OCC(=O)NCC3CCOCC3)nc(N)nc2-c2ccc(F)cc2)cc(C(F)F)n1. The van der Waals surface area contributed by atoms with Crippen molar-refractivity contribution < 1.29 is 27.4 Å². The lowest BCUT2D eigenvalue weighted by Crippen LogP contribution is -2.35. The lowest BCUT2D eigenvalue weighted by molar-refractivity contribution is -0.123. The van der Waals surface area contributed by atoms with Crippen molar-refractivity contribution in [1.29, 1.82) is 0 Å². The van der Waals surface area contributed by atoms with Gasteiger partial charge >= 0.3 is 0 Å². The van der Waals surface area contributed by atoms with Crippen molar-refractivity contribution in [3.05, 3.63) is 53.6 Å². The van der Waals surface area contributed by atoms with E-state index >= 15 is 0 Å². The molecule has 0 radical (unpaired) electrons. The van der Waals surface area contributed by atoms with Crippen molar-refractivity contribution in [3.63, 3.8) is 0 Å². The van der Waals surface area contributed by atoms with Gasteiger partial charge in [-0.3, -0.25) is 9.78 Å². The first kappa shape index (κ1) is 25.4. The highest BCUT2D eigenvalue weighted by Crippen LogP contribution is 2.39. The van der Waals surface area contributed by atoms with E-state index in [1.807, 2.05) is 0 Å². The smallest absolute Gasteiger partial charge is 0.280 e. The molecule has 0 spiro atoms. The summed E-state index contributed by atoms with van der Waals surface area (Å²) in [6.07, 6.45) is -1.08. The van der Waals surface area contributed by atoms with E-state index in [4.69, 9.17) is 15.2 Å². The minimum atomic E-state index is -2.81. The first-order valence-electron chi connectivity index (χ1n) is 11.5. The molecule has 1 fully saturated rings. The van der Waals surface area contributed by atoms with Crippen molar-refractivity contribution in [2.24, 2.45) is 5.92 Å². The molecule has 4 rings (SSSR count). The number of nitrogens with zero attached hydrogens (tertiary/aromatic N) is 3. The van der Waals surface area contributed by atoms with Gasteiger partial charge in [-0.15, -0.1) is 0 Å². The Morgan fingerprint density at radius 2 is 1.86 bits per heavy atom. The van der Waals surface area contributed by atoms with Crippen molar-refractivity contribution >= 4 is 11.9 Å². The normalized spacial score (nSPS) is 14.1. The van der Waals surface area contributed by atoms with Crippen LogP contribution in [0.4, 0.5) is 19.1 Å². The Balaban J connectivity index is 1.68. The number of aromatic nitrogens is 3. The first-order valence-corrected chi connectivity index (χ1v) is 11.5. The number of hydrogen-bond acceptors (Lipinski definition) is 7. The molecule has 3 N–H and O–H groups in total. The Morgan fingerprint density at radius 1 is 1.14 bits per heavy atom. The molecular weight excluding hydrogens is 475 g/mol. The number of rotatable bonds is 8. The van der Waals surface area contributed by atoms with Crippen LogP contribution in [0.5, 0.6) is 5.88 Å². The van der Waals surface area contributed by atoms with E-state index < -0.39 is 17.9 Å². The summed E-state index contributed by atoms with van der Waals surface area (Å²) in [4.78, 5) is 24.8. The van der Waals surface area contributed by atoms with Crippen LogP contribution in [0.15, 0.2) is 36.4 Å². The summed E-state index contributed by atoms with van der Waals surface area (Å²) in [6.45, 7) is 3.03. The van der Waals surface area contributed by atoms with Gasteiger partial charge in [-0.1, -0.05) is 0 Å². The van der Waals surface area contributed by atoms with Crippen molar-refractivity contribution in [3.8, 4) is 28.3 Å². The summed E-state index contributed by atoms with van der Waals surface area (Å²) < 4.78 is 51.7. The van der Waals surface area contributed by atoms with E-state index in [2.05, 4.69) is 20.3 Å². The maximum absolute atomic E-state index is 13.6. The van der Waals surface area contributed by atoms with Gasteiger partial charge in [-0.2, -0.15) is 4.98 Å². The van der Waals surface area contributed by atoms with E-state index in [1.165, 1.54) is 30.3 Å². The topological polar surface area (TPSA) is 112 Å². The van der Waals surface area contributed by atoms with Crippen LogP contribution in [-0.2, 0) is 9.53 Å². The number of alkyl halides is 2. The van der Waals surface area contributed by atoms with Gasteiger partial charge in [0.05, 0.1) is 11.3 Å². The number of carbonyl (C=O) groups excluding carboxylic acids is 1. The number of ether oxygens (including phenoxy) is 2. The first-order chi connectivity index (χ1) is 17.3. The lowest BCUT2D eigenvalue weighted by Gasteiger charge is -2.22. The van der Waals surface area contributed by atoms with E-state index in [0.29, 0.717) is 42.5 Å². The number of amides is 1. The number of aryl methyl sites for hydroxylation is 1. The third kappa shape index (κ3) is 6.28. The fraction of sp³-hybridized carbons (Fsp3) is 0.360. The van der Waals surface area contributed by atoms with Crippen LogP contribution in [0.25, 0.3) is 22.4 Å². The minimum absolute atomic E-state index is 0.0612. The van der Waals surface area contributed by atoms with E-state index in [9.17, 15) is 18.0 Å². The molecule has 0 atom stereocenters. The molecule has 1 aromatic carbocycles. The number of nitrogens with two attached hydrogens (primary N) is 1. The minimum Gasteiger partial charge on any atom is -0.467 e. The maximum atomic E-state index is 13.6. The van der Waals surface area contributed by atoms with Gasteiger partial charge in [-0.25, -0.2) is 18.2 Å². The average molecular weight is 502 g/mol. The molecule has 8 nitrogen and oxygen atoms in total. The summed E-state index contributed by atoms with van der Waals surface area (Å²) >= 11 is 0. The molecule has 1 saturated heterocycles. The number of nitrogens with one attached hydrogen (secondary N) is 1. The second-order valence-electron chi connectivity index (χ2n) is 8.49. The largest absolute Gasteiger partial charge is 0.467 e. The van der Waals surface area contributed by atoms with Crippen LogP contribution < -0.4 is 15.8 Å². The maximum Gasteiger partial charge on any atom is 0.280 e. The fourth-order valence-corrected chi connectivity index (χ4v) is 3.98. The molecule has 0 unspecified atom stereocenters. The predicted octanol–water partition coefficient (Wildman–Crippen LogP) is 4.09. The predicted molar refractivity (Wildman–Crippen MR) is 127 cm³/mol. The molecule has 0 bridgehead atoms. The van der Waals surface area contributed by atoms with Gasteiger partial charge in [-0.05, 0) is 67.6 Å². The Kier molecular flexibility index (Phi) is 7.99. The quantitative estimate of drug-likeness (QED) is 0.478. The molecule has 3 heterocycles. The summed E-state index contributed by atoms with van der Waals surface area (Å²) in [7, 11) is 0. The van der Waals surface area contributed by atoms with Gasteiger partial charge in [0.25, 0.3) is 12.3 Å². The highest BCUT2D eigenvalue weighted by molar-refractivity contribution is 5.85. The lowest BCUT2D eigenvalue weighted by atomic mass is 9.99. The molecule has 1 aliphatic heterocycles. The third-order valence-electron chi connectivity index (χ3n) is 5.77. The number of anilines is 1. The summed E-state index contributed by atoms with van der Waals surface area (Å²) in [5.41, 5.74) is 7.06. The molecule has 1 aliphatic rings. The number of hydrogen-bond donors (Lipinski definition) is 2.